The van der Waals surface area contributed by atoms with Crippen molar-refractivity contribution in [3.05, 3.63) is 58.5 Å². The topological polar surface area (TPSA) is 228 Å². The molecule has 0 aliphatic heterocycles. The number of fused-ring (bicyclic) bond motifs is 1. The molecule has 0 heterocycles. The van der Waals surface area contributed by atoms with Crippen LogP contribution < -0.4 is 69.9 Å². The molecule has 0 spiro atoms. The Bertz CT molecular complexity index is 1650. The van der Waals surface area contributed by atoms with E-state index in [2.05, 4.69) is 20.0 Å². The molecule has 1 amide bonds. The molecule has 14 nitrogen and oxygen atoms in total. The zero-order chi connectivity index (χ0) is 27.6. The van der Waals surface area contributed by atoms with E-state index in [-0.39, 0.29) is 86.5 Å². The van der Waals surface area contributed by atoms with E-state index in [9.17, 15) is 43.9 Å². The van der Waals surface area contributed by atoms with Crippen LogP contribution in [0.1, 0.15) is 22.8 Å². The molecule has 2 N–H and O–H groups in total. The maximum atomic E-state index is 13.0. The molecular weight excluding hydrogens is 600 g/mol. The summed E-state index contributed by atoms with van der Waals surface area (Å²) in [7, 11) is -14.2. The summed E-state index contributed by atoms with van der Waals surface area (Å²) in [5, 5.41) is 6.23. The zero-order valence-electron chi connectivity index (χ0n) is 20.7. The number of Topliss-reactive ketones (excluding diaryl/α,β-unsaturated/α-hetero) is 1. The fourth-order valence-electron chi connectivity index (χ4n) is 3.13. The van der Waals surface area contributed by atoms with Gasteiger partial charge in [-0.15, -0.1) is 0 Å². The monoisotopic (exact) mass is 617 g/mol. The summed E-state index contributed by atoms with van der Waals surface area (Å²) in [5.74, 6) is -2.13. The van der Waals surface area contributed by atoms with Crippen molar-refractivity contribution in [3.8, 4) is 0 Å². The first-order valence-corrected chi connectivity index (χ1v) is 14.4. The number of rotatable bonds is 9. The Morgan fingerprint density at radius 2 is 1.54 bits per heavy atom. The van der Waals surface area contributed by atoms with Crippen molar-refractivity contribution in [2.45, 2.75) is 11.8 Å². The molecule has 0 saturated heterocycles. The summed E-state index contributed by atoms with van der Waals surface area (Å²) in [6, 6.07) is 8.66. The molecule has 0 saturated carbocycles. The van der Waals surface area contributed by atoms with E-state index in [1.165, 1.54) is 37.3 Å². The van der Waals surface area contributed by atoms with E-state index >= 15 is 0 Å². The van der Waals surface area contributed by atoms with Gasteiger partial charge in [-0.1, -0.05) is 6.07 Å². The summed E-state index contributed by atoms with van der Waals surface area (Å²) < 4.78 is 95.1. The number of ketones is 1. The molecule has 0 radical (unpaired) electrons. The largest absolute Gasteiger partial charge is 1.00 e. The third kappa shape index (κ3) is 9.83. The maximum absolute atomic E-state index is 13.0. The van der Waals surface area contributed by atoms with E-state index in [4.69, 9.17) is 0 Å². The van der Waals surface area contributed by atoms with E-state index in [1.54, 1.807) is 0 Å². The van der Waals surface area contributed by atoms with Gasteiger partial charge in [0.1, 0.15) is 15.8 Å². The second-order valence-electron chi connectivity index (χ2n) is 7.42. The molecule has 198 valence electrons. The van der Waals surface area contributed by atoms with Crippen LogP contribution in [0.5, 0.6) is 0 Å². The molecule has 2 aromatic carbocycles. The van der Waals surface area contributed by atoms with Crippen LogP contribution in [-0.4, -0.2) is 64.1 Å². The first-order chi connectivity index (χ1) is 17.1. The number of carbonyl (C=O) groups excluding carboxylic acids is 2. The van der Waals surface area contributed by atoms with Crippen LogP contribution in [0.25, 0.3) is 6.08 Å². The number of benzene rings is 2. The van der Waals surface area contributed by atoms with Crippen LogP contribution in [0, 0.1) is 0 Å². The number of sulfone groups is 1. The van der Waals surface area contributed by atoms with Crippen LogP contribution >= 0.6 is 0 Å². The summed E-state index contributed by atoms with van der Waals surface area (Å²) >= 11 is 0. The number of carbonyl (C=O) groups is 2. The third-order valence-electron chi connectivity index (χ3n) is 4.71. The van der Waals surface area contributed by atoms with Gasteiger partial charge in [-0.05, 0) is 48.0 Å². The van der Waals surface area contributed by atoms with Crippen molar-refractivity contribution >= 4 is 65.2 Å². The number of hydrogen-bond donors (Lipinski definition) is 2. The third-order valence-corrected chi connectivity index (χ3v) is 7.71. The minimum Gasteiger partial charge on any atom is -0.744 e. The summed E-state index contributed by atoms with van der Waals surface area (Å²) in [5.41, 5.74) is 2.10. The van der Waals surface area contributed by atoms with E-state index in [1.807, 2.05) is 0 Å². The summed E-state index contributed by atoms with van der Waals surface area (Å²) in [6.07, 6.45) is 0.969. The van der Waals surface area contributed by atoms with Crippen LogP contribution in [0.4, 0.5) is 11.4 Å². The fraction of sp³-hybridized carbons (Fsp3) is 0.150. The molecular formula is C20H17N3Na2O11S3. The van der Waals surface area contributed by atoms with Gasteiger partial charge in [0.15, 0.2) is 9.84 Å². The number of hydrazone groups is 1. The first-order valence-electron chi connectivity index (χ1n) is 9.98. The number of nitrogens with zero attached hydrogens (tertiary/aromatic N) is 1. The van der Waals surface area contributed by atoms with Crippen molar-refractivity contribution in [3.63, 3.8) is 0 Å². The quantitative estimate of drug-likeness (QED) is 0.116. The Hall–Kier alpha value is -1.48. The van der Waals surface area contributed by atoms with Gasteiger partial charge < -0.3 is 14.4 Å². The second kappa shape index (κ2) is 13.9. The molecule has 0 aromatic heterocycles. The molecule has 19 heteroatoms. The van der Waals surface area contributed by atoms with Crippen molar-refractivity contribution in [2.24, 2.45) is 5.10 Å². The molecule has 1 aliphatic rings. The average molecular weight is 618 g/mol. The fourth-order valence-corrected chi connectivity index (χ4v) is 5.25. The molecule has 1 aliphatic carbocycles. The Balaban J connectivity index is 0.00000380. The number of amides is 1. The van der Waals surface area contributed by atoms with Crippen molar-refractivity contribution in [1.82, 2.24) is 0 Å². The Morgan fingerprint density at radius 1 is 0.949 bits per heavy atom. The standard InChI is InChI=1S/C20H19N3O11S3.2Na/c1-12(24)21-15-3-2-13-10-18(36(28,29)30)19(20(25)17(13)11-15)23-22-14-4-6-16(7-5-14)35(26,27)9-8-34-37(31,32)33;;/h2-7,10-11,22H,8-9H2,1H3,(H,21,24)(H,28,29,30)(H,31,32,33);;/q;2*+1/p-2/b23-19+;;. The minimum atomic E-state index is -5.14. The Kier molecular flexibility index (Phi) is 12.7. The molecule has 3 rings (SSSR count). The molecule has 0 atom stereocenters. The van der Waals surface area contributed by atoms with Gasteiger partial charge in [0.25, 0.3) is 0 Å². The van der Waals surface area contributed by atoms with Crippen molar-refractivity contribution in [1.29, 1.82) is 0 Å². The van der Waals surface area contributed by atoms with Gasteiger partial charge in [-0.3, -0.25) is 19.2 Å². The SMILES string of the molecule is CC(=O)Nc1ccc2c(c1)C(=O)/C(=N/Nc1ccc(S(=O)(=O)CCOS(=O)(=O)[O-])cc1)C(S(=O)(=O)[O-])=C2.[Na+].[Na+]. The van der Waals surface area contributed by atoms with Gasteiger partial charge in [0.2, 0.25) is 22.1 Å². The van der Waals surface area contributed by atoms with Gasteiger partial charge >= 0.3 is 59.1 Å². The predicted octanol–water partition coefficient (Wildman–Crippen LogP) is -5.55. The molecule has 0 fully saturated rings. The molecule has 39 heavy (non-hydrogen) atoms. The average Bonchev–Trinajstić information content (AvgIpc) is 2.77. The first kappa shape index (κ1) is 35.5. The van der Waals surface area contributed by atoms with Crippen LogP contribution in [0.2, 0.25) is 0 Å². The van der Waals surface area contributed by atoms with Gasteiger partial charge in [0.05, 0.1) is 27.8 Å². The van der Waals surface area contributed by atoms with Crippen LogP contribution in [0.3, 0.4) is 0 Å². The van der Waals surface area contributed by atoms with E-state index < -0.39 is 65.0 Å². The zero-order valence-corrected chi connectivity index (χ0v) is 27.1. The van der Waals surface area contributed by atoms with Crippen molar-refractivity contribution < 1.29 is 107 Å². The van der Waals surface area contributed by atoms with E-state index in [0.29, 0.717) is 0 Å². The van der Waals surface area contributed by atoms with E-state index in [0.717, 1.165) is 18.2 Å². The Morgan fingerprint density at radius 3 is 2.08 bits per heavy atom. The van der Waals surface area contributed by atoms with Crippen LogP contribution in [0.15, 0.2) is 57.4 Å². The normalized spacial score (nSPS) is 14.4. The molecule has 0 bridgehead atoms. The number of nitrogens with one attached hydrogen (secondary N) is 2. The number of anilines is 2. The van der Waals surface area contributed by atoms with Crippen molar-refractivity contribution in [2.75, 3.05) is 23.1 Å². The van der Waals surface area contributed by atoms with Gasteiger partial charge in [-0.25, -0.2) is 25.3 Å². The maximum Gasteiger partial charge on any atom is 1.00 e. The number of allylic oxidation sites excluding steroid dienone is 1. The minimum absolute atomic E-state index is 0. The summed E-state index contributed by atoms with van der Waals surface area (Å²) in [6.45, 7) is 0.370. The predicted molar refractivity (Wildman–Crippen MR) is 128 cm³/mol. The van der Waals surface area contributed by atoms with Gasteiger partial charge in [-0.2, -0.15) is 5.10 Å². The molecule has 2 aromatic rings. The summed E-state index contributed by atoms with van der Waals surface area (Å²) in [4.78, 5) is 23.2. The molecule has 0 unspecified atom stereocenters. The van der Waals surface area contributed by atoms with Gasteiger partial charge in [0, 0.05) is 18.2 Å². The van der Waals surface area contributed by atoms with Crippen LogP contribution in [-0.2, 0) is 39.3 Å². The smallest absolute Gasteiger partial charge is 0.744 e. The number of hydrogen-bond acceptors (Lipinski definition) is 13. The second-order valence-corrected chi connectivity index (χ2v) is 11.9. The Labute approximate surface area is 268 Å².